The SMILES string of the molecule is CCN(CC)C(CNC(C)C)COC. The van der Waals surface area contributed by atoms with Crippen molar-refractivity contribution < 1.29 is 4.74 Å². The van der Waals surface area contributed by atoms with Gasteiger partial charge in [-0.25, -0.2) is 0 Å². The fourth-order valence-corrected chi connectivity index (χ4v) is 1.60. The van der Waals surface area contributed by atoms with Gasteiger partial charge in [-0.3, -0.25) is 4.90 Å². The topological polar surface area (TPSA) is 24.5 Å². The van der Waals surface area contributed by atoms with Crippen molar-refractivity contribution in [2.45, 2.75) is 39.8 Å². The monoisotopic (exact) mass is 202 g/mol. The Labute approximate surface area is 88.8 Å². The van der Waals surface area contributed by atoms with Gasteiger partial charge in [0, 0.05) is 25.7 Å². The normalized spacial score (nSPS) is 13.9. The molecule has 0 saturated carbocycles. The molecule has 1 N–H and O–H groups in total. The molecule has 0 rings (SSSR count). The van der Waals surface area contributed by atoms with Gasteiger partial charge in [-0.05, 0) is 13.1 Å². The van der Waals surface area contributed by atoms with Crippen molar-refractivity contribution in [2.75, 3.05) is 33.4 Å². The third-order valence-corrected chi connectivity index (χ3v) is 2.45. The number of methoxy groups -OCH3 is 1. The van der Waals surface area contributed by atoms with Crippen LogP contribution in [0.4, 0.5) is 0 Å². The van der Waals surface area contributed by atoms with Crippen LogP contribution in [0.5, 0.6) is 0 Å². The van der Waals surface area contributed by atoms with Gasteiger partial charge < -0.3 is 10.1 Å². The van der Waals surface area contributed by atoms with Crippen LogP contribution in [-0.4, -0.2) is 50.3 Å². The van der Waals surface area contributed by atoms with Crippen LogP contribution >= 0.6 is 0 Å². The van der Waals surface area contributed by atoms with Crippen molar-refractivity contribution in [3.63, 3.8) is 0 Å². The maximum atomic E-state index is 5.24. The second kappa shape index (κ2) is 8.21. The lowest BCUT2D eigenvalue weighted by Crippen LogP contribution is -2.46. The first-order valence-corrected chi connectivity index (χ1v) is 5.62. The molecule has 86 valence electrons. The maximum absolute atomic E-state index is 5.24. The largest absolute Gasteiger partial charge is 0.383 e. The zero-order chi connectivity index (χ0) is 11.0. The van der Waals surface area contributed by atoms with Gasteiger partial charge >= 0.3 is 0 Å². The second-order valence-corrected chi connectivity index (χ2v) is 3.89. The van der Waals surface area contributed by atoms with Gasteiger partial charge in [0.05, 0.1) is 6.61 Å². The molecule has 0 heterocycles. The first-order valence-electron chi connectivity index (χ1n) is 5.62. The van der Waals surface area contributed by atoms with Gasteiger partial charge in [0.2, 0.25) is 0 Å². The van der Waals surface area contributed by atoms with Crippen molar-refractivity contribution in [3.8, 4) is 0 Å². The highest BCUT2D eigenvalue weighted by atomic mass is 16.5. The number of likely N-dealkylation sites (N-methyl/N-ethyl adjacent to an activating group) is 1. The van der Waals surface area contributed by atoms with E-state index in [1.54, 1.807) is 7.11 Å². The molecule has 0 bridgehead atoms. The summed E-state index contributed by atoms with van der Waals surface area (Å²) in [5.41, 5.74) is 0. The molecule has 0 aromatic heterocycles. The van der Waals surface area contributed by atoms with Crippen LogP contribution in [0, 0.1) is 0 Å². The molecule has 0 aliphatic heterocycles. The first-order chi connectivity index (χ1) is 6.65. The molecule has 1 unspecified atom stereocenters. The Bertz CT molecular complexity index is 124. The molecule has 0 spiro atoms. The summed E-state index contributed by atoms with van der Waals surface area (Å²) < 4.78 is 5.24. The summed E-state index contributed by atoms with van der Waals surface area (Å²) in [7, 11) is 1.77. The smallest absolute Gasteiger partial charge is 0.0630 e. The van der Waals surface area contributed by atoms with Crippen molar-refractivity contribution in [3.05, 3.63) is 0 Å². The van der Waals surface area contributed by atoms with Crippen molar-refractivity contribution in [1.82, 2.24) is 10.2 Å². The van der Waals surface area contributed by atoms with Gasteiger partial charge in [-0.2, -0.15) is 0 Å². The summed E-state index contributed by atoms with van der Waals surface area (Å²) in [6, 6.07) is 1.04. The number of ether oxygens (including phenoxy) is 1. The molecule has 3 nitrogen and oxygen atoms in total. The summed E-state index contributed by atoms with van der Waals surface area (Å²) in [6.45, 7) is 12.7. The molecule has 1 atom stereocenters. The van der Waals surface area contributed by atoms with E-state index in [4.69, 9.17) is 4.74 Å². The lowest BCUT2D eigenvalue weighted by molar-refractivity contribution is 0.0947. The Kier molecular flexibility index (Phi) is 8.14. The van der Waals surface area contributed by atoms with E-state index < -0.39 is 0 Å². The molecule has 0 aliphatic rings. The number of nitrogens with zero attached hydrogens (tertiary/aromatic N) is 1. The van der Waals surface area contributed by atoms with Gasteiger partial charge in [0.25, 0.3) is 0 Å². The molecule has 0 radical (unpaired) electrons. The van der Waals surface area contributed by atoms with Crippen LogP contribution in [0.3, 0.4) is 0 Å². The third kappa shape index (κ3) is 5.58. The minimum atomic E-state index is 0.498. The first kappa shape index (κ1) is 13.9. The van der Waals surface area contributed by atoms with Crippen molar-refractivity contribution in [1.29, 1.82) is 0 Å². The van der Waals surface area contributed by atoms with E-state index in [-0.39, 0.29) is 0 Å². The van der Waals surface area contributed by atoms with Crippen LogP contribution in [0.2, 0.25) is 0 Å². The highest BCUT2D eigenvalue weighted by molar-refractivity contribution is 4.73. The highest BCUT2D eigenvalue weighted by Gasteiger charge is 2.15. The van der Waals surface area contributed by atoms with Gasteiger partial charge in [-0.1, -0.05) is 27.7 Å². The summed E-state index contributed by atoms with van der Waals surface area (Å²) in [4.78, 5) is 2.43. The predicted molar refractivity (Wildman–Crippen MR) is 61.7 cm³/mol. The lowest BCUT2D eigenvalue weighted by Gasteiger charge is -2.30. The molecule has 0 aromatic carbocycles. The summed E-state index contributed by atoms with van der Waals surface area (Å²) in [5, 5.41) is 3.46. The van der Waals surface area contributed by atoms with E-state index in [9.17, 15) is 0 Å². The Morgan fingerprint density at radius 1 is 1.21 bits per heavy atom. The summed E-state index contributed by atoms with van der Waals surface area (Å²) in [5.74, 6) is 0. The molecule has 0 amide bonds. The van der Waals surface area contributed by atoms with E-state index >= 15 is 0 Å². The summed E-state index contributed by atoms with van der Waals surface area (Å²) in [6.07, 6.45) is 0. The summed E-state index contributed by atoms with van der Waals surface area (Å²) >= 11 is 0. The number of nitrogens with one attached hydrogen (secondary N) is 1. The van der Waals surface area contributed by atoms with Crippen molar-refractivity contribution in [2.24, 2.45) is 0 Å². The van der Waals surface area contributed by atoms with Gasteiger partial charge in [-0.15, -0.1) is 0 Å². The van der Waals surface area contributed by atoms with Crippen LogP contribution in [0.1, 0.15) is 27.7 Å². The zero-order valence-electron chi connectivity index (χ0n) is 10.3. The zero-order valence-corrected chi connectivity index (χ0v) is 10.3. The van der Waals surface area contributed by atoms with Gasteiger partial charge in [0.15, 0.2) is 0 Å². The quantitative estimate of drug-likeness (QED) is 0.643. The Morgan fingerprint density at radius 2 is 1.79 bits per heavy atom. The predicted octanol–water partition coefficient (Wildman–Crippen LogP) is 1.34. The third-order valence-electron chi connectivity index (χ3n) is 2.45. The molecule has 0 aliphatic carbocycles. The number of hydrogen-bond donors (Lipinski definition) is 1. The number of rotatable bonds is 8. The fraction of sp³-hybridized carbons (Fsp3) is 1.00. The standard InChI is InChI=1S/C11H26N2O/c1-6-13(7-2)11(9-14-5)8-12-10(3)4/h10-12H,6-9H2,1-5H3. The Hall–Kier alpha value is -0.120. The molecule has 0 fully saturated rings. The van der Waals surface area contributed by atoms with E-state index in [0.717, 1.165) is 26.2 Å². The Balaban J connectivity index is 3.98. The highest BCUT2D eigenvalue weighted by Crippen LogP contribution is 1.99. The minimum absolute atomic E-state index is 0.498. The maximum Gasteiger partial charge on any atom is 0.0630 e. The second-order valence-electron chi connectivity index (χ2n) is 3.89. The lowest BCUT2D eigenvalue weighted by atomic mass is 10.2. The van der Waals surface area contributed by atoms with Crippen LogP contribution in [0.15, 0.2) is 0 Å². The molecular formula is C11H26N2O. The average molecular weight is 202 g/mol. The molecule has 0 saturated heterocycles. The fourth-order valence-electron chi connectivity index (χ4n) is 1.60. The molecule has 0 aromatic rings. The van der Waals surface area contributed by atoms with Gasteiger partial charge in [0.1, 0.15) is 0 Å². The van der Waals surface area contributed by atoms with Crippen LogP contribution in [0.25, 0.3) is 0 Å². The average Bonchev–Trinajstić information content (AvgIpc) is 2.15. The molecule has 3 heteroatoms. The van der Waals surface area contributed by atoms with E-state index in [0.29, 0.717) is 12.1 Å². The molecule has 14 heavy (non-hydrogen) atoms. The van der Waals surface area contributed by atoms with E-state index in [1.807, 2.05) is 0 Å². The number of hydrogen-bond acceptors (Lipinski definition) is 3. The van der Waals surface area contributed by atoms with Crippen LogP contribution < -0.4 is 5.32 Å². The van der Waals surface area contributed by atoms with E-state index in [2.05, 4.69) is 37.9 Å². The minimum Gasteiger partial charge on any atom is -0.383 e. The van der Waals surface area contributed by atoms with Crippen LogP contribution in [-0.2, 0) is 4.74 Å². The molecular weight excluding hydrogens is 176 g/mol. The van der Waals surface area contributed by atoms with E-state index in [1.165, 1.54) is 0 Å². The van der Waals surface area contributed by atoms with Crippen molar-refractivity contribution >= 4 is 0 Å². The Morgan fingerprint density at radius 3 is 2.14 bits per heavy atom.